The van der Waals surface area contributed by atoms with E-state index in [1.165, 1.54) is 18.3 Å². The fourth-order valence-electron chi connectivity index (χ4n) is 4.50. The highest BCUT2D eigenvalue weighted by atomic mass is 19.4. The van der Waals surface area contributed by atoms with Gasteiger partial charge in [-0.1, -0.05) is 24.8 Å². The van der Waals surface area contributed by atoms with Gasteiger partial charge in [-0.3, -0.25) is 4.79 Å². The van der Waals surface area contributed by atoms with Gasteiger partial charge in [0, 0.05) is 30.7 Å². The van der Waals surface area contributed by atoms with Crippen LogP contribution in [-0.4, -0.2) is 25.4 Å². The molecule has 3 aromatic heterocycles. The zero-order valence-electron chi connectivity index (χ0n) is 21.7. The van der Waals surface area contributed by atoms with E-state index in [9.17, 15) is 23.2 Å². The number of carbonyl (C=O) groups is 1. The molecule has 42 heavy (non-hydrogen) atoms. The number of ether oxygens (including phenoxy) is 1. The molecule has 3 N–H and O–H groups in total. The van der Waals surface area contributed by atoms with Gasteiger partial charge in [0.25, 0.3) is 0 Å². The molecule has 0 bridgehead atoms. The Morgan fingerprint density at radius 1 is 1.14 bits per heavy atom. The first-order chi connectivity index (χ1) is 20.0. The number of alkyl halides is 3. The van der Waals surface area contributed by atoms with Gasteiger partial charge in [0.1, 0.15) is 11.9 Å². The number of carbonyl (C=O) groups excluding carboxylic acids is 1. The standard InChI is InChI=1S/C29H19F4N7O2/c1-3-22(41)38-18-7-4-15(5-8-18)25-23(24-26(40(25)2)17(13-34)14-37-27(24)35)16-6-9-20(19(30)12-16)42-28-36-11-10-21(39-28)29(31,32)33/h3-12,14H,1H2,2H3,(H2,35,37)(H,38,41). The molecule has 0 unspecified atom stereocenters. The summed E-state index contributed by atoms with van der Waals surface area (Å²) in [4.78, 5) is 22.8. The van der Waals surface area contributed by atoms with E-state index >= 15 is 4.39 Å². The van der Waals surface area contributed by atoms with Crippen LogP contribution in [0, 0.1) is 17.1 Å². The third kappa shape index (κ3) is 5.08. The van der Waals surface area contributed by atoms with Crippen LogP contribution < -0.4 is 15.8 Å². The van der Waals surface area contributed by atoms with Crippen molar-refractivity contribution in [3.8, 4) is 40.2 Å². The van der Waals surface area contributed by atoms with Gasteiger partial charge in [0.2, 0.25) is 5.91 Å². The van der Waals surface area contributed by atoms with E-state index in [0.29, 0.717) is 45.0 Å². The Morgan fingerprint density at radius 2 is 1.86 bits per heavy atom. The van der Waals surface area contributed by atoms with Crippen molar-refractivity contribution < 1.29 is 27.1 Å². The van der Waals surface area contributed by atoms with Gasteiger partial charge in [-0.25, -0.2) is 14.4 Å². The lowest BCUT2D eigenvalue weighted by Crippen LogP contribution is -2.09. The maximum Gasteiger partial charge on any atom is 0.433 e. The Kier molecular flexibility index (Phi) is 7.05. The van der Waals surface area contributed by atoms with Crippen molar-refractivity contribution in [1.29, 1.82) is 5.26 Å². The molecule has 0 aliphatic heterocycles. The molecular weight excluding hydrogens is 554 g/mol. The Hall–Kier alpha value is -5.77. The number of benzene rings is 2. The predicted molar refractivity (Wildman–Crippen MR) is 147 cm³/mol. The molecule has 13 heteroatoms. The van der Waals surface area contributed by atoms with Crippen LogP contribution in [-0.2, 0) is 18.0 Å². The molecule has 0 saturated carbocycles. The summed E-state index contributed by atoms with van der Waals surface area (Å²) in [6.07, 6.45) is -1.40. The molecule has 0 aliphatic carbocycles. The second-order valence-electron chi connectivity index (χ2n) is 8.92. The van der Waals surface area contributed by atoms with Crippen molar-refractivity contribution in [1.82, 2.24) is 19.5 Å². The number of anilines is 2. The molecule has 9 nitrogen and oxygen atoms in total. The van der Waals surface area contributed by atoms with Crippen LogP contribution in [0.4, 0.5) is 29.1 Å². The van der Waals surface area contributed by atoms with E-state index in [0.717, 1.165) is 18.3 Å². The molecule has 0 saturated heterocycles. The summed E-state index contributed by atoms with van der Waals surface area (Å²) < 4.78 is 61.5. The number of nitrogens with zero attached hydrogens (tertiary/aromatic N) is 5. The molecular formula is C29H19F4N7O2. The number of rotatable bonds is 6. The van der Waals surface area contributed by atoms with Crippen LogP contribution in [0.2, 0.25) is 0 Å². The minimum Gasteiger partial charge on any atom is -0.421 e. The maximum absolute atomic E-state index is 15.4. The van der Waals surface area contributed by atoms with E-state index in [-0.39, 0.29) is 17.3 Å². The quantitative estimate of drug-likeness (QED) is 0.182. The summed E-state index contributed by atoms with van der Waals surface area (Å²) in [5, 5.41) is 12.8. The van der Waals surface area contributed by atoms with Gasteiger partial charge in [-0.05, 0) is 47.5 Å². The smallest absolute Gasteiger partial charge is 0.421 e. The number of pyridine rings is 1. The number of hydrogen-bond acceptors (Lipinski definition) is 7. The number of halogens is 4. The molecule has 3 heterocycles. The molecule has 0 aliphatic rings. The Bertz CT molecular complexity index is 1910. The average molecular weight is 574 g/mol. The zero-order chi connectivity index (χ0) is 30.2. The highest BCUT2D eigenvalue weighted by molar-refractivity contribution is 6.10. The highest BCUT2D eigenvalue weighted by Crippen LogP contribution is 2.44. The minimum atomic E-state index is -4.74. The SMILES string of the molecule is C=CC(=O)Nc1ccc(-c2c(-c3ccc(Oc4nccc(C(F)(F)F)n4)c(F)c3)c3c(N)ncc(C#N)c3n2C)cc1. The monoisotopic (exact) mass is 573 g/mol. The third-order valence-electron chi connectivity index (χ3n) is 6.32. The van der Waals surface area contributed by atoms with Crippen LogP contribution in [0.15, 0.2) is 73.6 Å². The fraction of sp³-hybridized carbons (Fsp3) is 0.0690. The molecule has 5 aromatic rings. The zero-order valence-corrected chi connectivity index (χ0v) is 21.7. The lowest BCUT2D eigenvalue weighted by molar-refractivity contribution is -0.141. The van der Waals surface area contributed by atoms with Crippen LogP contribution >= 0.6 is 0 Å². The molecule has 5 rings (SSSR count). The molecule has 0 spiro atoms. The Labute approximate surface area is 235 Å². The molecule has 2 aromatic carbocycles. The second kappa shape index (κ2) is 10.7. The van der Waals surface area contributed by atoms with Crippen molar-refractivity contribution in [2.75, 3.05) is 11.1 Å². The number of hydrogen-bond donors (Lipinski definition) is 2. The number of nitriles is 1. The second-order valence-corrected chi connectivity index (χ2v) is 8.92. The van der Waals surface area contributed by atoms with Crippen molar-refractivity contribution in [3.63, 3.8) is 0 Å². The van der Waals surface area contributed by atoms with Crippen LogP contribution in [0.25, 0.3) is 33.3 Å². The minimum absolute atomic E-state index is 0.0915. The maximum atomic E-state index is 15.4. The van der Waals surface area contributed by atoms with Gasteiger partial charge in [0.05, 0.1) is 22.2 Å². The summed E-state index contributed by atoms with van der Waals surface area (Å²) in [5.41, 5.74) is 8.18. The number of amides is 1. The summed E-state index contributed by atoms with van der Waals surface area (Å²) in [5.74, 6) is -1.62. The van der Waals surface area contributed by atoms with Crippen molar-refractivity contribution in [2.24, 2.45) is 7.05 Å². The van der Waals surface area contributed by atoms with Gasteiger partial charge < -0.3 is 20.4 Å². The van der Waals surface area contributed by atoms with Crippen LogP contribution in [0.1, 0.15) is 11.3 Å². The number of nitrogen functional groups attached to an aromatic ring is 1. The number of nitrogens with two attached hydrogens (primary N) is 1. The largest absolute Gasteiger partial charge is 0.433 e. The normalized spacial score (nSPS) is 11.2. The van der Waals surface area contributed by atoms with Gasteiger partial charge >= 0.3 is 12.2 Å². The van der Waals surface area contributed by atoms with Gasteiger partial charge in [-0.15, -0.1) is 0 Å². The van der Waals surface area contributed by atoms with Crippen LogP contribution in [0.5, 0.6) is 11.8 Å². The van der Waals surface area contributed by atoms with E-state index in [1.807, 2.05) is 0 Å². The van der Waals surface area contributed by atoms with Crippen molar-refractivity contribution in [3.05, 3.63) is 90.7 Å². The topological polar surface area (TPSA) is 132 Å². The van der Waals surface area contributed by atoms with Crippen LogP contribution in [0.3, 0.4) is 0 Å². The summed E-state index contributed by atoms with van der Waals surface area (Å²) >= 11 is 0. The molecule has 0 fully saturated rings. The number of aromatic nitrogens is 4. The molecule has 210 valence electrons. The molecule has 0 atom stereocenters. The average Bonchev–Trinajstić information content (AvgIpc) is 3.28. The number of nitrogens with one attached hydrogen (secondary N) is 1. The van der Waals surface area contributed by atoms with E-state index in [4.69, 9.17) is 10.5 Å². The first kappa shape index (κ1) is 27.8. The lowest BCUT2D eigenvalue weighted by atomic mass is 9.97. The predicted octanol–water partition coefficient (Wildman–Crippen LogP) is 6.23. The van der Waals surface area contributed by atoms with E-state index in [1.54, 1.807) is 35.9 Å². The fourth-order valence-corrected chi connectivity index (χ4v) is 4.50. The lowest BCUT2D eigenvalue weighted by Gasteiger charge is -2.12. The molecule has 1 amide bonds. The van der Waals surface area contributed by atoms with Crippen molar-refractivity contribution in [2.45, 2.75) is 6.18 Å². The van der Waals surface area contributed by atoms with E-state index in [2.05, 4.69) is 32.9 Å². The van der Waals surface area contributed by atoms with Crippen molar-refractivity contribution >= 4 is 28.3 Å². The third-order valence-corrected chi connectivity index (χ3v) is 6.32. The summed E-state index contributed by atoms with van der Waals surface area (Å²) in [6.45, 7) is 3.43. The first-order valence-corrected chi connectivity index (χ1v) is 12.1. The summed E-state index contributed by atoms with van der Waals surface area (Å²) in [6, 6.07) is 12.7. The van der Waals surface area contributed by atoms with Gasteiger partial charge in [0.15, 0.2) is 17.3 Å². The van der Waals surface area contributed by atoms with Gasteiger partial charge in [-0.2, -0.15) is 23.4 Å². The highest BCUT2D eigenvalue weighted by Gasteiger charge is 2.33. The van der Waals surface area contributed by atoms with E-state index < -0.39 is 29.4 Å². The Balaban J connectivity index is 1.65. The number of fused-ring (bicyclic) bond motifs is 1. The Morgan fingerprint density at radius 3 is 2.50 bits per heavy atom. The summed E-state index contributed by atoms with van der Waals surface area (Å²) in [7, 11) is 1.72. The first-order valence-electron chi connectivity index (χ1n) is 12.1. The number of aryl methyl sites for hydroxylation is 1. The molecule has 0 radical (unpaired) electrons.